The highest BCUT2D eigenvalue weighted by molar-refractivity contribution is 6.53. The quantitative estimate of drug-likeness (QED) is 0.514. The molecule has 0 saturated carbocycles. The van der Waals surface area contributed by atoms with Gasteiger partial charge in [-0.25, -0.2) is 9.29 Å². The lowest BCUT2D eigenvalue weighted by atomic mass is 10.1. The second-order valence-electron chi connectivity index (χ2n) is 7.64. The van der Waals surface area contributed by atoms with E-state index in [9.17, 15) is 18.8 Å². The van der Waals surface area contributed by atoms with Gasteiger partial charge in [-0.05, 0) is 85.6 Å². The average Bonchev–Trinajstić information content (AvgIpc) is 2.97. The van der Waals surface area contributed by atoms with E-state index in [0.717, 1.165) is 28.2 Å². The van der Waals surface area contributed by atoms with Crippen LogP contribution in [0.15, 0.2) is 77.5 Å². The van der Waals surface area contributed by atoms with Crippen LogP contribution in [-0.2, 0) is 9.59 Å². The number of hydrogen-bond acceptors (Lipinski definition) is 4. The summed E-state index contributed by atoms with van der Waals surface area (Å²) in [7, 11) is 0. The summed E-state index contributed by atoms with van der Waals surface area (Å²) in [6.45, 7) is 3.91. The van der Waals surface area contributed by atoms with Crippen molar-refractivity contribution in [1.82, 2.24) is 0 Å². The van der Waals surface area contributed by atoms with Gasteiger partial charge in [0.1, 0.15) is 16.5 Å². The molecule has 8 heteroatoms. The molecule has 4 rings (SSSR count). The van der Waals surface area contributed by atoms with Crippen LogP contribution in [0.3, 0.4) is 0 Å². The Morgan fingerprint density at radius 1 is 0.848 bits per heavy atom. The highest BCUT2D eigenvalue weighted by Crippen LogP contribution is 2.30. The molecule has 33 heavy (non-hydrogen) atoms. The van der Waals surface area contributed by atoms with Crippen LogP contribution < -0.4 is 15.5 Å². The Hall–Kier alpha value is -3.97. The van der Waals surface area contributed by atoms with E-state index >= 15 is 0 Å². The Morgan fingerprint density at radius 3 is 2.06 bits per heavy atom. The van der Waals surface area contributed by atoms with Crippen molar-refractivity contribution in [3.63, 3.8) is 0 Å². The smallest absolute Gasteiger partial charge is 0.283 e. The van der Waals surface area contributed by atoms with Crippen LogP contribution in [0.5, 0.6) is 0 Å². The number of hydrogen-bond donors (Lipinski definition) is 2. The SMILES string of the molecule is Cc1cc(C)cc(NC(=O)c2ccc(NC3=C(Cl)C(=O)N(c4ccc(F)cc4)C3=O)cc2)c1. The fourth-order valence-corrected chi connectivity index (χ4v) is 3.75. The Balaban J connectivity index is 1.48. The van der Waals surface area contributed by atoms with Crippen molar-refractivity contribution in [3.8, 4) is 0 Å². The van der Waals surface area contributed by atoms with Crippen molar-refractivity contribution in [2.24, 2.45) is 0 Å². The molecule has 0 aliphatic carbocycles. The molecule has 0 atom stereocenters. The van der Waals surface area contributed by atoms with Crippen LogP contribution in [0.1, 0.15) is 21.5 Å². The first kappa shape index (κ1) is 22.2. The molecule has 0 saturated heterocycles. The predicted molar refractivity (Wildman–Crippen MR) is 126 cm³/mol. The number of rotatable bonds is 5. The van der Waals surface area contributed by atoms with Crippen molar-refractivity contribution in [2.75, 3.05) is 15.5 Å². The Bertz CT molecular complexity index is 1280. The van der Waals surface area contributed by atoms with Gasteiger partial charge >= 0.3 is 0 Å². The number of halogens is 2. The number of carbonyl (C=O) groups is 3. The van der Waals surface area contributed by atoms with Gasteiger partial charge in [-0.3, -0.25) is 14.4 Å². The molecule has 3 aromatic rings. The minimum absolute atomic E-state index is 0.0987. The third kappa shape index (κ3) is 4.63. The number of nitrogens with one attached hydrogen (secondary N) is 2. The number of aryl methyl sites for hydroxylation is 2. The summed E-state index contributed by atoms with van der Waals surface area (Å²) in [6, 6.07) is 17.1. The Labute approximate surface area is 194 Å². The largest absolute Gasteiger partial charge is 0.350 e. The molecule has 0 fully saturated rings. The zero-order valence-corrected chi connectivity index (χ0v) is 18.5. The second-order valence-corrected chi connectivity index (χ2v) is 8.02. The minimum Gasteiger partial charge on any atom is -0.350 e. The van der Waals surface area contributed by atoms with Crippen LogP contribution >= 0.6 is 11.6 Å². The summed E-state index contributed by atoms with van der Waals surface area (Å²) >= 11 is 6.11. The van der Waals surface area contributed by atoms with E-state index in [0.29, 0.717) is 16.9 Å². The van der Waals surface area contributed by atoms with Gasteiger partial charge in [0.25, 0.3) is 17.7 Å². The standard InChI is InChI=1S/C25H19ClFN3O3/c1-14-11-15(2)13-19(12-14)29-23(31)16-3-7-18(8-4-16)28-22-21(26)24(32)30(25(22)33)20-9-5-17(27)6-10-20/h3-13,28H,1-2H3,(H,29,31). The highest BCUT2D eigenvalue weighted by Gasteiger charge is 2.38. The molecular weight excluding hydrogens is 445 g/mol. The number of carbonyl (C=O) groups excluding carboxylic acids is 3. The van der Waals surface area contributed by atoms with Gasteiger partial charge < -0.3 is 10.6 Å². The summed E-state index contributed by atoms with van der Waals surface area (Å²) in [5.41, 5.74) is 3.78. The monoisotopic (exact) mass is 463 g/mol. The maximum atomic E-state index is 13.2. The van der Waals surface area contributed by atoms with Crippen molar-refractivity contribution in [1.29, 1.82) is 0 Å². The second kappa shape index (κ2) is 8.88. The molecule has 0 bridgehead atoms. The fourth-order valence-electron chi connectivity index (χ4n) is 3.54. The van der Waals surface area contributed by atoms with Crippen LogP contribution in [0, 0.1) is 19.7 Å². The first-order valence-corrected chi connectivity index (χ1v) is 10.4. The van der Waals surface area contributed by atoms with E-state index in [1.807, 2.05) is 32.0 Å². The first-order valence-electron chi connectivity index (χ1n) is 10.0. The molecule has 1 aliphatic heterocycles. The molecule has 1 aliphatic rings. The average molecular weight is 464 g/mol. The van der Waals surface area contributed by atoms with Gasteiger partial charge in [-0.2, -0.15) is 0 Å². The Kier molecular flexibility index (Phi) is 5.98. The van der Waals surface area contributed by atoms with Gasteiger partial charge in [0.05, 0.1) is 5.69 Å². The molecule has 2 N–H and O–H groups in total. The van der Waals surface area contributed by atoms with Crippen molar-refractivity contribution >= 4 is 46.4 Å². The predicted octanol–water partition coefficient (Wildman–Crippen LogP) is 5.13. The number of imide groups is 1. The van der Waals surface area contributed by atoms with E-state index in [-0.39, 0.29) is 22.3 Å². The number of nitrogens with zero attached hydrogens (tertiary/aromatic N) is 1. The summed E-state index contributed by atoms with van der Waals surface area (Å²) in [4.78, 5) is 38.7. The molecule has 0 aromatic heterocycles. The number of anilines is 3. The molecule has 3 amide bonds. The molecular formula is C25H19ClFN3O3. The maximum Gasteiger partial charge on any atom is 0.283 e. The third-order valence-electron chi connectivity index (χ3n) is 5.01. The molecule has 1 heterocycles. The van der Waals surface area contributed by atoms with Gasteiger partial charge in [-0.1, -0.05) is 17.7 Å². The molecule has 166 valence electrons. The number of benzene rings is 3. The van der Waals surface area contributed by atoms with Crippen LogP contribution in [-0.4, -0.2) is 17.7 Å². The van der Waals surface area contributed by atoms with Crippen molar-refractivity contribution in [3.05, 3.63) is 100.0 Å². The van der Waals surface area contributed by atoms with E-state index < -0.39 is 17.6 Å². The van der Waals surface area contributed by atoms with E-state index in [1.54, 1.807) is 24.3 Å². The lowest BCUT2D eigenvalue weighted by Crippen LogP contribution is -2.32. The summed E-state index contributed by atoms with van der Waals surface area (Å²) in [6.07, 6.45) is 0. The normalized spacial score (nSPS) is 13.5. The van der Waals surface area contributed by atoms with Gasteiger partial charge in [0.2, 0.25) is 0 Å². The lowest BCUT2D eigenvalue weighted by molar-refractivity contribution is -0.120. The lowest BCUT2D eigenvalue weighted by Gasteiger charge is -2.15. The molecule has 0 unspecified atom stereocenters. The van der Waals surface area contributed by atoms with Crippen LogP contribution in [0.2, 0.25) is 0 Å². The fraction of sp³-hybridized carbons (Fsp3) is 0.0800. The molecule has 3 aromatic carbocycles. The molecule has 0 spiro atoms. The topological polar surface area (TPSA) is 78.5 Å². The molecule has 6 nitrogen and oxygen atoms in total. The first-order chi connectivity index (χ1) is 15.7. The van der Waals surface area contributed by atoms with Gasteiger partial charge in [0.15, 0.2) is 0 Å². The van der Waals surface area contributed by atoms with Crippen LogP contribution in [0.4, 0.5) is 21.5 Å². The maximum absolute atomic E-state index is 13.2. The summed E-state index contributed by atoms with van der Waals surface area (Å²) < 4.78 is 13.2. The zero-order chi connectivity index (χ0) is 23.7. The van der Waals surface area contributed by atoms with Crippen molar-refractivity contribution in [2.45, 2.75) is 13.8 Å². The summed E-state index contributed by atoms with van der Waals surface area (Å²) in [5.74, 6) is -2.14. The minimum atomic E-state index is -0.708. The van der Waals surface area contributed by atoms with E-state index in [4.69, 9.17) is 11.6 Å². The number of amides is 3. The van der Waals surface area contributed by atoms with E-state index in [1.165, 1.54) is 12.1 Å². The summed E-state index contributed by atoms with van der Waals surface area (Å²) in [5, 5.41) is 5.42. The van der Waals surface area contributed by atoms with Gasteiger partial charge in [-0.15, -0.1) is 0 Å². The zero-order valence-electron chi connectivity index (χ0n) is 17.8. The van der Waals surface area contributed by atoms with E-state index in [2.05, 4.69) is 10.6 Å². The van der Waals surface area contributed by atoms with Crippen LogP contribution in [0.25, 0.3) is 0 Å². The highest BCUT2D eigenvalue weighted by atomic mass is 35.5. The van der Waals surface area contributed by atoms with Crippen molar-refractivity contribution < 1.29 is 18.8 Å². The molecule has 0 radical (unpaired) electrons. The van der Waals surface area contributed by atoms with Gasteiger partial charge in [0, 0.05) is 16.9 Å². The Morgan fingerprint density at radius 2 is 1.45 bits per heavy atom. The third-order valence-corrected chi connectivity index (χ3v) is 5.36.